The van der Waals surface area contributed by atoms with Crippen LogP contribution in [0, 0.1) is 54.1 Å². The van der Waals surface area contributed by atoms with Crippen molar-refractivity contribution in [2.45, 2.75) is 84.5 Å². The molecule has 4 atom stereocenters. The summed E-state index contributed by atoms with van der Waals surface area (Å²) < 4.78 is 32.8. The fourth-order valence-electron chi connectivity index (χ4n) is 6.53. The summed E-state index contributed by atoms with van der Waals surface area (Å²) in [5.41, 5.74) is -0.0480. The van der Waals surface area contributed by atoms with Gasteiger partial charge in [0.15, 0.2) is 0 Å². The van der Waals surface area contributed by atoms with Crippen LogP contribution in [0.15, 0.2) is 12.1 Å². The summed E-state index contributed by atoms with van der Waals surface area (Å²) in [5.74, 6) is 2.54. The molecule has 0 N–H and O–H groups in total. The normalized spacial score (nSPS) is 34.3. The Balaban J connectivity index is 1.26. The molecule has 0 amide bonds. The van der Waals surface area contributed by atoms with Crippen molar-refractivity contribution in [1.29, 1.82) is 0 Å². The van der Waals surface area contributed by atoms with Crippen molar-refractivity contribution in [3.05, 3.63) is 29.3 Å². The van der Waals surface area contributed by atoms with Gasteiger partial charge < -0.3 is 4.74 Å². The molecule has 0 aliphatic heterocycles. The highest BCUT2D eigenvalue weighted by Crippen LogP contribution is 2.49. The van der Waals surface area contributed by atoms with E-state index in [1.54, 1.807) is 0 Å². The lowest BCUT2D eigenvalue weighted by atomic mass is 9.61. The second-order valence-electron chi connectivity index (χ2n) is 10.2. The first kappa shape index (κ1) is 21.8. The van der Waals surface area contributed by atoms with Crippen LogP contribution < -0.4 is 4.74 Å². The van der Waals surface area contributed by atoms with Gasteiger partial charge in [0.1, 0.15) is 17.4 Å². The van der Waals surface area contributed by atoms with Crippen LogP contribution in [0.5, 0.6) is 5.75 Å². The van der Waals surface area contributed by atoms with Gasteiger partial charge in [0.25, 0.3) is 0 Å². The number of fused-ring (bicyclic) bond motifs is 1. The number of ether oxygens (including phenoxy) is 1. The average Bonchev–Trinajstić information content (AvgIpc) is 2.76. The molecule has 3 aliphatic carbocycles. The summed E-state index contributed by atoms with van der Waals surface area (Å²) in [5, 5.41) is 0. The highest BCUT2D eigenvalue weighted by atomic mass is 19.1. The molecule has 1 aromatic rings. The fourth-order valence-corrected chi connectivity index (χ4v) is 6.53. The maximum Gasteiger partial charge on any atom is 0.314 e. The predicted molar refractivity (Wildman–Crippen MR) is 114 cm³/mol. The van der Waals surface area contributed by atoms with Crippen LogP contribution in [0.2, 0.25) is 0 Å². The topological polar surface area (TPSA) is 26.3 Å². The third-order valence-corrected chi connectivity index (χ3v) is 8.58. The van der Waals surface area contributed by atoms with E-state index in [9.17, 15) is 13.6 Å². The van der Waals surface area contributed by atoms with Crippen LogP contribution in [0.4, 0.5) is 8.78 Å². The predicted octanol–water partition coefficient (Wildman–Crippen LogP) is 7.23. The number of hydrogen-bond acceptors (Lipinski definition) is 2. The van der Waals surface area contributed by atoms with E-state index in [4.69, 9.17) is 4.74 Å². The molecule has 0 radical (unpaired) electrons. The number of benzene rings is 1. The van der Waals surface area contributed by atoms with Crippen molar-refractivity contribution in [3.63, 3.8) is 0 Å². The van der Waals surface area contributed by atoms with Crippen molar-refractivity contribution in [2.24, 2.45) is 35.5 Å². The first-order valence-electron chi connectivity index (χ1n) is 12.1. The highest BCUT2D eigenvalue weighted by Gasteiger charge is 2.39. The molecule has 0 aromatic heterocycles. The molecule has 0 bridgehead atoms. The zero-order chi connectivity index (χ0) is 21.3. The van der Waals surface area contributed by atoms with Crippen LogP contribution in [-0.4, -0.2) is 5.97 Å². The van der Waals surface area contributed by atoms with Gasteiger partial charge in [-0.3, -0.25) is 4.79 Å². The molecule has 3 fully saturated rings. The number of esters is 1. The van der Waals surface area contributed by atoms with Crippen LogP contribution in [0.1, 0.15) is 83.1 Å². The number of rotatable bonds is 4. The molecule has 4 rings (SSSR count). The lowest BCUT2D eigenvalue weighted by Crippen LogP contribution is -2.35. The maximum atomic E-state index is 13.7. The number of halogens is 2. The third kappa shape index (κ3) is 4.73. The minimum absolute atomic E-state index is 0.0243. The Hall–Kier alpha value is -1.45. The fraction of sp³-hybridized carbons (Fsp3) is 0.731. The van der Waals surface area contributed by atoms with Gasteiger partial charge in [-0.2, -0.15) is 0 Å². The van der Waals surface area contributed by atoms with Crippen molar-refractivity contribution in [3.8, 4) is 5.75 Å². The van der Waals surface area contributed by atoms with E-state index < -0.39 is 11.6 Å². The quantitative estimate of drug-likeness (QED) is 0.381. The van der Waals surface area contributed by atoms with Gasteiger partial charge in [-0.15, -0.1) is 0 Å². The molecule has 3 saturated carbocycles. The minimum atomic E-state index is -0.676. The van der Waals surface area contributed by atoms with Gasteiger partial charge in [-0.05, 0) is 94.3 Å². The summed E-state index contributed by atoms with van der Waals surface area (Å²) in [4.78, 5) is 12.5. The maximum absolute atomic E-state index is 13.7. The Kier molecular flexibility index (Phi) is 6.79. The van der Waals surface area contributed by atoms with Crippen molar-refractivity contribution < 1.29 is 18.3 Å². The molecule has 4 heteroatoms. The van der Waals surface area contributed by atoms with Crippen LogP contribution in [0.25, 0.3) is 0 Å². The van der Waals surface area contributed by atoms with Crippen LogP contribution in [-0.2, 0) is 4.79 Å². The lowest BCUT2D eigenvalue weighted by molar-refractivity contribution is -0.140. The van der Waals surface area contributed by atoms with Gasteiger partial charge in [-0.1, -0.05) is 19.8 Å². The van der Waals surface area contributed by atoms with E-state index in [0.29, 0.717) is 0 Å². The molecule has 1 aromatic carbocycles. The molecule has 2 nitrogen and oxygen atoms in total. The van der Waals surface area contributed by atoms with Gasteiger partial charge in [0.2, 0.25) is 0 Å². The molecular weight excluding hydrogens is 382 g/mol. The Labute approximate surface area is 179 Å². The van der Waals surface area contributed by atoms with E-state index in [1.165, 1.54) is 51.9 Å². The Morgan fingerprint density at radius 1 is 0.867 bits per heavy atom. The molecule has 0 spiro atoms. The van der Waals surface area contributed by atoms with E-state index in [0.717, 1.165) is 67.4 Å². The SMILES string of the molecule is CCC1CCC2CC(C3CCC(C(=O)Oc4cc(F)c(C)c(F)c4)CC3)CCC2C1. The summed E-state index contributed by atoms with van der Waals surface area (Å²) in [7, 11) is 0. The third-order valence-electron chi connectivity index (χ3n) is 8.58. The van der Waals surface area contributed by atoms with Crippen molar-refractivity contribution in [2.75, 3.05) is 0 Å². The molecule has 3 aliphatic rings. The number of carbonyl (C=O) groups is 1. The van der Waals surface area contributed by atoms with Crippen molar-refractivity contribution in [1.82, 2.24) is 0 Å². The Bertz CT molecular complexity index is 730. The molecule has 166 valence electrons. The first-order chi connectivity index (χ1) is 14.4. The largest absolute Gasteiger partial charge is 0.426 e. The van der Waals surface area contributed by atoms with Crippen LogP contribution in [0.3, 0.4) is 0 Å². The smallest absolute Gasteiger partial charge is 0.314 e. The van der Waals surface area contributed by atoms with E-state index in [-0.39, 0.29) is 23.2 Å². The second kappa shape index (κ2) is 9.36. The Morgan fingerprint density at radius 2 is 1.40 bits per heavy atom. The summed E-state index contributed by atoms with van der Waals surface area (Å²) in [6.07, 6.45) is 13.6. The zero-order valence-corrected chi connectivity index (χ0v) is 18.5. The summed E-state index contributed by atoms with van der Waals surface area (Å²) >= 11 is 0. The zero-order valence-electron chi connectivity index (χ0n) is 18.5. The van der Waals surface area contributed by atoms with E-state index >= 15 is 0 Å². The van der Waals surface area contributed by atoms with Gasteiger partial charge in [-0.25, -0.2) is 8.78 Å². The van der Waals surface area contributed by atoms with E-state index in [1.807, 2.05) is 0 Å². The van der Waals surface area contributed by atoms with Gasteiger partial charge in [0, 0.05) is 17.7 Å². The number of hydrogen-bond donors (Lipinski definition) is 0. The number of carbonyl (C=O) groups excluding carboxylic acids is 1. The van der Waals surface area contributed by atoms with E-state index in [2.05, 4.69) is 6.92 Å². The van der Waals surface area contributed by atoms with Crippen molar-refractivity contribution >= 4 is 5.97 Å². The molecule has 0 heterocycles. The summed E-state index contributed by atoms with van der Waals surface area (Å²) in [6.45, 7) is 3.71. The average molecular weight is 419 g/mol. The second-order valence-corrected chi connectivity index (χ2v) is 10.2. The molecular formula is C26H36F2O2. The molecule has 30 heavy (non-hydrogen) atoms. The monoisotopic (exact) mass is 418 g/mol. The van der Waals surface area contributed by atoms with Crippen LogP contribution >= 0.6 is 0 Å². The lowest BCUT2D eigenvalue weighted by Gasteiger charge is -2.45. The molecule has 4 unspecified atom stereocenters. The van der Waals surface area contributed by atoms with Gasteiger partial charge in [0.05, 0.1) is 5.92 Å². The van der Waals surface area contributed by atoms with Gasteiger partial charge >= 0.3 is 5.97 Å². The minimum Gasteiger partial charge on any atom is -0.426 e. The Morgan fingerprint density at radius 3 is 2.03 bits per heavy atom. The first-order valence-corrected chi connectivity index (χ1v) is 12.1. The molecule has 0 saturated heterocycles. The standard InChI is InChI=1S/C26H36F2O2/c1-3-17-4-5-22-13-21(11-10-20(22)12-17)18-6-8-19(9-7-18)26(29)30-23-14-24(27)16(2)25(28)15-23/h14-15,17-22H,3-13H2,1-2H3. The highest BCUT2D eigenvalue weighted by molar-refractivity contribution is 5.75. The summed E-state index contributed by atoms with van der Waals surface area (Å²) in [6, 6.07) is 2.21.